The van der Waals surface area contributed by atoms with Crippen molar-refractivity contribution in [2.45, 2.75) is 105 Å². The van der Waals surface area contributed by atoms with Crippen molar-refractivity contribution < 1.29 is 9.53 Å². The minimum atomic E-state index is 0.00137. The Morgan fingerprint density at radius 2 is 1.14 bits per heavy atom. The van der Waals surface area contributed by atoms with Crippen LogP contribution in [-0.2, 0) is 9.53 Å². The van der Waals surface area contributed by atoms with Gasteiger partial charge >= 0.3 is 5.97 Å². The van der Waals surface area contributed by atoms with E-state index >= 15 is 0 Å². The van der Waals surface area contributed by atoms with Crippen LogP contribution in [0.15, 0.2) is 0 Å². The predicted molar refractivity (Wildman–Crippen MR) is 96.0 cm³/mol. The third kappa shape index (κ3) is 17.5. The Morgan fingerprint density at radius 1 is 0.682 bits per heavy atom. The summed E-state index contributed by atoms with van der Waals surface area (Å²) < 4.78 is 5.29. The summed E-state index contributed by atoms with van der Waals surface area (Å²) in [7, 11) is 0. The number of ether oxygens (including phenoxy) is 1. The van der Waals surface area contributed by atoms with Crippen LogP contribution in [-0.4, -0.2) is 12.6 Å². The molecule has 0 aromatic heterocycles. The molecule has 0 heterocycles. The molecular weight excluding hydrogens is 272 g/mol. The average molecular weight is 313 g/mol. The number of carbonyl (C=O) groups excluding carboxylic acids is 1. The van der Waals surface area contributed by atoms with E-state index in [2.05, 4.69) is 27.7 Å². The number of hydrogen-bond acceptors (Lipinski definition) is 2. The highest BCUT2D eigenvalue weighted by molar-refractivity contribution is 5.69. The van der Waals surface area contributed by atoms with Crippen LogP contribution in [0.4, 0.5) is 0 Å². The van der Waals surface area contributed by atoms with Gasteiger partial charge in [-0.2, -0.15) is 0 Å². The molecular formula is C20H40O2. The molecule has 0 bridgehead atoms. The predicted octanol–water partition coefficient (Wildman–Crippen LogP) is 6.52. The molecule has 2 nitrogen and oxygen atoms in total. The van der Waals surface area contributed by atoms with Crippen molar-refractivity contribution in [2.75, 3.05) is 6.61 Å². The summed E-state index contributed by atoms with van der Waals surface area (Å²) in [6, 6.07) is 0. The Morgan fingerprint density at radius 3 is 1.68 bits per heavy atom. The van der Waals surface area contributed by atoms with Crippen LogP contribution in [0.25, 0.3) is 0 Å². The smallest absolute Gasteiger partial charge is 0.305 e. The van der Waals surface area contributed by atoms with Gasteiger partial charge in [0.1, 0.15) is 0 Å². The van der Waals surface area contributed by atoms with Crippen LogP contribution < -0.4 is 0 Å². The first kappa shape index (κ1) is 21.5. The molecule has 0 aliphatic carbocycles. The van der Waals surface area contributed by atoms with Crippen molar-refractivity contribution in [1.29, 1.82) is 0 Å². The molecule has 0 radical (unpaired) electrons. The number of unbranched alkanes of at least 4 members (excludes halogenated alkanes) is 7. The molecule has 0 aromatic rings. The lowest BCUT2D eigenvalue weighted by atomic mass is 10.0. The zero-order valence-corrected chi connectivity index (χ0v) is 15.7. The zero-order valence-electron chi connectivity index (χ0n) is 15.7. The van der Waals surface area contributed by atoms with Crippen LogP contribution in [0.3, 0.4) is 0 Å². The number of esters is 1. The fourth-order valence-electron chi connectivity index (χ4n) is 2.62. The SMILES string of the molecule is CC(C)CCCCCCCCOC(=O)CCCCCC(C)C. The van der Waals surface area contributed by atoms with E-state index in [1.54, 1.807) is 0 Å². The lowest BCUT2D eigenvalue weighted by Crippen LogP contribution is -2.05. The van der Waals surface area contributed by atoms with Crippen LogP contribution in [0, 0.1) is 11.8 Å². The Labute approximate surface area is 139 Å². The van der Waals surface area contributed by atoms with Gasteiger partial charge in [0, 0.05) is 6.42 Å². The van der Waals surface area contributed by atoms with Crippen LogP contribution >= 0.6 is 0 Å². The average Bonchev–Trinajstić information content (AvgIpc) is 2.44. The van der Waals surface area contributed by atoms with Crippen LogP contribution in [0.1, 0.15) is 105 Å². The van der Waals surface area contributed by atoms with Gasteiger partial charge < -0.3 is 4.74 Å². The van der Waals surface area contributed by atoms with E-state index in [0.717, 1.165) is 31.1 Å². The molecule has 0 amide bonds. The molecule has 22 heavy (non-hydrogen) atoms. The van der Waals surface area contributed by atoms with Gasteiger partial charge in [-0.1, -0.05) is 85.5 Å². The first-order chi connectivity index (χ1) is 10.5. The molecule has 0 saturated carbocycles. The van der Waals surface area contributed by atoms with E-state index in [1.807, 2.05) is 0 Å². The molecule has 0 fully saturated rings. The summed E-state index contributed by atoms with van der Waals surface area (Å²) >= 11 is 0. The number of rotatable bonds is 15. The number of hydrogen-bond donors (Lipinski definition) is 0. The van der Waals surface area contributed by atoms with Crippen LogP contribution in [0.5, 0.6) is 0 Å². The molecule has 2 heteroatoms. The van der Waals surface area contributed by atoms with Gasteiger partial charge in [0.25, 0.3) is 0 Å². The van der Waals surface area contributed by atoms with Crippen molar-refractivity contribution in [3.05, 3.63) is 0 Å². The monoisotopic (exact) mass is 312 g/mol. The molecule has 0 aromatic carbocycles. The fourth-order valence-corrected chi connectivity index (χ4v) is 2.62. The van der Waals surface area contributed by atoms with Crippen molar-refractivity contribution in [3.8, 4) is 0 Å². The van der Waals surface area contributed by atoms with Crippen molar-refractivity contribution >= 4 is 5.97 Å². The Balaban J connectivity index is 3.18. The largest absolute Gasteiger partial charge is 0.466 e. The van der Waals surface area contributed by atoms with Gasteiger partial charge in [0.2, 0.25) is 0 Å². The summed E-state index contributed by atoms with van der Waals surface area (Å²) in [5.74, 6) is 1.61. The van der Waals surface area contributed by atoms with Crippen molar-refractivity contribution in [2.24, 2.45) is 11.8 Å². The maximum absolute atomic E-state index is 11.6. The minimum Gasteiger partial charge on any atom is -0.466 e. The van der Waals surface area contributed by atoms with Crippen molar-refractivity contribution in [3.63, 3.8) is 0 Å². The van der Waals surface area contributed by atoms with E-state index in [0.29, 0.717) is 13.0 Å². The first-order valence-corrected chi connectivity index (χ1v) is 9.68. The Bertz CT molecular complexity index is 246. The summed E-state index contributed by atoms with van der Waals surface area (Å²) in [5.41, 5.74) is 0. The maximum Gasteiger partial charge on any atom is 0.305 e. The molecule has 0 aliphatic rings. The lowest BCUT2D eigenvalue weighted by molar-refractivity contribution is -0.143. The van der Waals surface area contributed by atoms with E-state index < -0.39 is 0 Å². The minimum absolute atomic E-state index is 0.00137. The Hall–Kier alpha value is -0.530. The fraction of sp³-hybridized carbons (Fsp3) is 0.950. The molecule has 0 saturated heterocycles. The van der Waals surface area contributed by atoms with Crippen LogP contribution in [0.2, 0.25) is 0 Å². The molecule has 0 atom stereocenters. The van der Waals surface area contributed by atoms with Gasteiger partial charge in [0.15, 0.2) is 0 Å². The maximum atomic E-state index is 11.6. The molecule has 0 unspecified atom stereocenters. The van der Waals surface area contributed by atoms with Gasteiger partial charge in [-0.25, -0.2) is 0 Å². The molecule has 0 aliphatic heterocycles. The Kier molecular flexibility index (Phi) is 15.0. The second-order valence-corrected chi connectivity index (χ2v) is 7.52. The second kappa shape index (κ2) is 15.4. The van der Waals surface area contributed by atoms with Gasteiger partial charge in [-0.05, 0) is 24.7 Å². The van der Waals surface area contributed by atoms with E-state index in [9.17, 15) is 4.79 Å². The highest BCUT2D eigenvalue weighted by Gasteiger charge is 2.03. The van der Waals surface area contributed by atoms with E-state index in [4.69, 9.17) is 4.74 Å². The van der Waals surface area contributed by atoms with E-state index in [1.165, 1.54) is 51.4 Å². The third-order valence-corrected chi connectivity index (χ3v) is 4.10. The summed E-state index contributed by atoms with van der Waals surface area (Å²) in [5, 5.41) is 0. The second-order valence-electron chi connectivity index (χ2n) is 7.52. The quantitative estimate of drug-likeness (QED) is 0.254. The molecule has 0 N–H and O–H groups in total. The lowest BCUT2D eigenvalue weighted by Gasteiger charge is -2.06. The summed E-state index contributed by atoms with van der Waals surface area (Å²) in [6.07, 6.45) is 14.2. The van der Waals surface area contributed by atoms with E-state index in [-0.39, 0.29) is 5.97 Å². The highest BCUT2D eigenvalue weighted by Crippen LogP contribution is 2.12. The summed E-state index contributed by atoms with van der Waals surface area (Å²) in [6.45, 7) is 9.70. The highest BCUT2D eigenvalue weighted by atomic mass is 16.5. The van der Waals surface area contributed by atoms with Gasteiger partial charge in [0.05, 0.1) is 6.61 Å². The standard InChI is InChI=1S/C20H40O2/c1-18(2)14-10-7-5-6-8-13-17-22-20(21)16-12-9-11-15-19(3)4/h18-19H,5-17H2,1-4H3. The topological polar surface area (TPSA) is 26.3 Å². The normalized spacial score (nSPS) is 11.4. The number of carbonyl (C=O) groups is 1. The third-order valence-electron chi connectivity index (χ3n) is 4.10. The molecule has 0 rings (SSSR count). The summed E-state index contributed by atoms with van der Waals surface area (Å²) in [4.78, 5) is 11.6. The zero-order chi connectivity index (χ0) is 16.6. The van der Waals surface area contributed by atoms with Gasteiger partial charge in [-0.3, -0.25) is 4.79 Å². The van der Waals surface area contributed by atoms with Crippen molar-refractivity contribution in [1.82, 2.24) is 0 Å². The molecule has 132 valence electrons. The van der Waals surface area contributed by atoms with Gasteiger partial charge in [-0.15, -0.1) is 0 Å². The molecule has 0 spiro atoms. The first-order valence-electron chi connectivity index (χ1n) is 9.68.